The van der Waals surface area contributed by atoms with Crippen molar-refractivity contribution in [2.45, 2.75) is 38.1 Å². The zero-order valence-electron chi connectivity index (χ0n) is 12.3. The zero-order chi connectivity index (χ0) is 14.4. The molecule has 0 aromatic heterocycles. The number of nitrogens with one attached hydrogen (secondary N) is 1. The van der Waals surface area contributed by atoms with Crippen LogP contribution in [0, 0.1) is 0 Å². The minimum atomic E-state index is 0.129. The Morgan fingerprint density at radius 2 is 2.10 bits per heavy atom. The number of carbonyl (C=O) groups is 1. The van der Waals surface area contributed by atoms with Crippen LogP contribution in [0.1, 0.15) is 42.5 Å². The SMILES string of the molecule is COc1ccc(C(=O)CC2CCCCCN2)c(OC)c1. The van der Waals surface area contributed by atoms with Gasteiger partial charge in [0.1, 0.15) is 11.5 Å². The lowest BCUT2D eigenvalue weighted by Crippen LogP contribution is -2.30. The van der Waals surface area contributed by atoms with Gasteiger partial charge in [-0.25, -0.2) is 0 Å². The van der Waals surface area contributed by atoms with E-state index in [1.165, 1.54) is 19.3 Å². The smallest absolute Gasteiger partial charge is 0.168 e. The number of rotatable bonds is 5. The summed E-state index contributed by atoms with van der Waals surface area (Å²) in [6.07, 6.45) is 5.26. The Balaban J connectivity index is 2.07. The van der Waals surface area contributed by atoms with E-state index in [2.05, 4.69) is 5.32 Å². The number of ketones is 1. The summed E-state index contributed by atoms with van der Waals surface area (Å²) in [7, 11) is 3.18. The minimum Gasteiger partial charge on any atom is -0.497 e. The number of methoxy groups -OCH3 is 2. The standard InChI is InChI=1S/C16H23NO3/c1-19-13-7-8-14(16(11-13)20-2)15(18)10-12-6-4-3-5-9-17-12/h7-8,11-12,17H,3-6,9-10H2,1-2H3. The van der Waals surface area contributed by atoms with Crippen LogP contribution in [0.4, 0.5) is 0 Å². The number of hydrogen-bond donors (Lipinski definition) is 1. The van der Waals surface area contributed by atoms with Crippen molar-refractivity contribution in [2.24, 2.45) is 0 Å². The van der Waals surface area contributed by atoms with Crippen LogP contribution < -0.4 is 14.8 Å². The molecule has 1 aliphatic heterocycles. The fraction of sp³-hybridized carbons (Fsp3) is 0.562. The molecule has 1 aromatic carbocycles. The molecular formula is C16H23NO3. The first-order valence-corrected chi connectivity index (χ1v) is 7.23. The van der Waals surface area contributed by atoms with Gasteiger partial charge in [0, 0.05) is 18.5 Å². The summed E-state index contributed by atoms with van der Waals surface area (Å²) in [6, 6.07) is 5.64. The number of ether oxygens (including phenoxy) is 2. The molecule has 0 radical (unpaired) electrons. The van der Waals surface area contributed by atoms with Crippen LogP contribution >= 0.6 is 0 Å². The van der Waals surface area contributed by atoms with Crippen molar-refractivity contribution in [2.75, 3.05) is 20.8 Å². The Kier molecular flexibility index (Phi) is 5.41. The average molecular weight is 277 g/mol. The second-order valence-electron chi connectivity index (χ2n) is 5.19. The maximum absolute atomic E-state index is 12.4. The number of benzene rings is 1. The van der Waals surface area contributed by atoms with E-state index in [1.807, 2.05) is 0 Å². The molecule has 20 heavy (non-hydrogen) atoms. The average Bonchev–Trinajstić information content (AvgIpc) is 2.75. The number of carbonyl (C=O) groups excluding carboxylic acids is 1. The van der Waals surface area contributed by atoms with E-state index in [4.69, 9.17) is 9.47 Å². The second-order valence-corrected chi connectivity index (χ2v) is 5.19. The normalized spacial score (nSPS) is 19.2. The van der Waals surface area contributed by atoms with E-state index >= 15 is 0 Å². The molecule has 0 amide bonds. The fourth-order valence-corrected chi connectivity index (χ4v) is 2.64. The van der Waals surface area contributed by atoms with E-state index < -0.39 is 0 Å². The molecule has 2 rings (SSSR count). The van der Waals surface area contributed by atoms with E-state index in [-0.39, 0.29) is 11.8 Å². The predicted molar refractivity (Wildman–Crippen MR) is 78.8 cm³/mol. The molecule has 4 nitrogen and oxygen atoms in total. The molecular weight excluding hydrogens is 254 g/mol. The molecule has 1 aliphatic rings. The first-order chi connectivity index (χ1) is 9.74. The maximum Gasteiger partial charge on any atom is 0.168 e. The van der Waals surface area contributed by atoms with Crippen molar-refractivity contribution in [3.8, 4) is 11.5 Å². The van der Waals surface area contributed by atoms with Gasteiger partial charge in [-0.3, -0.25) is 4.79 Å². The van der Waals surface area contributed by atoms with Gasteiger partial charge in [0.2, 0.25) is 0 Å². The lowest BCUT2D eigenvalue weighted by molar-refractivity contribution is 0.0965. The first-order valence-electron chi connectivity index (χ1n) is 7.23. The van der Waals surface area contributed by atoms with E-state index in [1.54, 1.807) is 32.4 Å². The summed E-state index contributed by atoms with van der Waals surface area (Å²) in [5.74, 6) is 1.41. The van der Waals surface area contributed by atoms with Gasteiger partial charge in [0.05, 0.1) is 19.8 Å². The topological polar surface area (TPSA) is 47.6 Å². The van der Waals surface area contributed by atoms with Gasteiger partial charge in [-0.1, -0.05) is 12.8 Å². The molecule has 1 aromatic rings. The Labute approximate surface area is 120 Å². The predicted octanol–water partition coefficient (Wildman–Crippen LogP) is 2.81. The summed E-state index contributed by atoms with van der Waals surface area (Å²) in [4.78, 5) is 12.4. The molecule has 1 heterocycles. The van der Waals surface area contributed by atoms with Crippen LogP contribution in [0.25, 0.3) is 0 Å². The highest BCUT2D eigenvalue weighted by Gasteiger charge is 2.19. The third kappa shape index (κ3) is 3.73. The maximum atomic E-state index is 12.4. The second kappa shape index (κ2) is 7.29. The Morgan fingerprint density at radius 1 is 1.25 bits per heavy atom. The molecule has 110 valence electrons. The monoisotopic (exact) mass is 277 g/mol. The third-order valence-electron chi connectivity index (χ3n) is 3.80. The number of Topliss-reactive ketones (excluding diaryl/α,β-unsaturated/α-hetero) is 1. The summed E-state index contributed by atoms with van der Waals surface area (Å²) in [6.45, 7) is 1.01. The first kappa shape index (κ1) is 14.9. The summed E-state index contributed by atoms with van der Waals surface area (Å²) < 4.78 is 10.5. The molecule has 0 bridgehead atoms. The Bertz CT molecular complexity index is 451. The van der Waals surface area contributed by atoms with Crippen molar-refractivity contribution in [3.05, 3.63) is 23.8 Å². The van der Waals surface area contributed by atoms with Gasteiger partial charge < -0.3 is 14.8 Å². The van der Waals surface area contributed by atoms with E-state index in [0.29, 0.717) is 23.5 Å². The Morgan fingerprint density at radius 3 is 2.85 bits per heavy atom. The largest absolute Gasteiger partial charge is 0.497 e. The third-order valence-corrected chi connectivity index (χ3v) is 3.80. The number of hydrogen-bond acceptors (Lipinski definition) is 4. The van der Waals surface area contributed by atoms with Crippen LogP contribution in [0.5, 0.6) is 11.5 Å². The summed E-state index contributed by atoms with van der Waals surface area (Å²) >= 11 is 0. The fourth-order valence-electron chi connectivity index (χ4n) is 2.64. The highest BCUT2D eigenvalue weighted by Crippen LogP contribution is 2.26. The van der Waals surface area contributed by atoms with Crippen molar-refractivity contribution in [1.29, 1.82) is 0 Å². The minimum absolute atomic E-state index is 0.129. The van der Waals surface area contributed by atoms with Gasteiger partial charge in [0.25, 0.3) is 0 Å². The molecule has 1 N–H and O–H groups in total. The van der Waals surface area contributed by atoms with Gasteiger partial charge in [-0.15, -0.1) is 0 Å². The van der Waals surface area contributed by atoms with Crippen molar-refractivity contribution in [1.82, 2.24) is 5.32 Å². The highest BCUT2D eigenvalue weighted by molar-refractivity contribution is 5.99. The van der Waals surface area contributed by atoms with Crippen molar-refractivity contribution in [3.63, 3.8) is 0 Å². The van der Waals surface area contributed by atoms with E-state index in [9.17, 15) is 4.79 Å². The van der Waals surface area contributed by atoms with E-state index in [0.717, 1.165) is 13.0 Å². The van der Waals surface area contributed by atoms with Gasteiger partial charge in [-0.05, 0) is 31.5 Å². The molecule has 0 saturated carbocycles. The zero-order valence-corrected chi connectivity index (χ0v) is 12.3. The Hall–Kier alpha value is -1.55. The quantitative estimate of drug-likeness (QED) is 0.841. The van der Waals surface area contributed by atoms with Crippen LogP contribution in [0.3, 0.4) is 0 Å². The van der Waals surface area contributed by atoms with Crippen molar-refractivity contribution >= 4 is 5.78 Å². The van der Waals surface area contributed by atoms with Gasteiger partial charge in [-0.2, -0.15) is 0 Å². The van der Waals surface area contributed by atoms with Crippen LogP contribution in [-0.2, 0) is 0 Å². The molecule has 0 spiro atoms. The van der Waals surface area contributed by atoms with Crippen LogP contribution in [-0.4, -0.2) is 32.6 Å². The summed E-state index contributed by atoms with van der Waals surface area (Å²) in [5.41, 5.74) is 0.638. The van der Waals surface area contributed by atoms with Crippen LogP contribution in [0.2, 0.25) is 0 Å². The molecule has 1 atom stereocenters. The molecule has 1 saturated heterocycles. The molecule has 1 unspecified atom stereocenters. The van der Waals surface area contributed by atoms with Crippen molar-refractivity contribution < 1.29 is 14.3 Å². The lowest BCUT2D eigenvalue weighted by Gasteiger charge is -2.16. The molecule has 0 aliphatic carbocycles. The molecule has 1 fully saturated rings. The summed E-state index contributed by atoms with van der Waals surface area (Å²) in [5, 5.41) is 3.46. The van der Waals surface area contributed by atoms with Gasteiger partial charge >= 0.3 is 0 Å². The molecule has 4 heteroatoms. The lowest BCUT2D eigenvalue weighted by atomic mass is 9.99. The van der Waals surface area contributed by atoms with Crippen LogP contribution in [0.15, 0.2) is 18.2 Å². The van der Waals surface area contributed by atoms with Gasteiger partial charge in [0.15, 0.2) is 5.78 Å². The highest BCUT2D eigenvalue weighted by atomic mass is 16.5.